The molecule has 0 radical (unpaired) electrons. The Hall–Kier alpha value is -1.83. The lowest BCUT2D eigenvalue weighted by molar-refractivity contribution is -0.140. The van der Waals surface area contributed by atoms with Gasteiger partial charge >= 0.3 is 6.18 Å². The minimum absolute atomic E-state index is 0.144. The molecule has 132 valence electrons. The summed E-state index contributed by atoms with van der Waals surface area (Å²) in [5.74, 6) is 0.190. The molecule has 1 aromatic rings. The summed E-state index contributed by atoms with van der Waals surface area (Å²) in [6, 6.07) is 1.87. The third-order valence-electron chi connectivity index (χ3n) is 5.00. The van der Waals surface area contributed by atoms with Gasteiger partial charge in [0, 0.05) is 38.2 Å². The van der Waals surface area contributed by atoms with Gasteiger partial charge in [-0.1, -0.05) is 0 Å². The fourth-order valence-corrected chi connectivity index (χ4v) is 3.88. The van der Waals surface area contributed by atoms with Crippen LogP contribution in [0.1, 0.15) is 18.4 Å². The highest BCUT2D eigenvalue weighted by atomic mass is 19.4. The fraction of sp³-hybridized carbons (Fsp3) is 0.625. The molecule has 0 aromatic carbocycles. The number of piperidine rings is 1. The molecule has 1 aliphatic carbocycles. The molecule has 24 heavy (non-hydrogen) atoms. The fourth-order valence-electron chi connectivity index (χ4n) is 3.88. The van der Waals surface area contributed by atoms with E-state index in [1.165, 1.54) is 6.20 Å². The number of alkyl halides is 3. The number of rotatable bonds is 3. The first kappa shape index (κ1) is 17.0. The number of hydrogen-bond donors (Lipinski definition) is 0. The largest absolute Gasteiger partial charge is 0.421 e. The number of aromatic nitrogens is 1. The summed E-state index contributed by atoms with van der Waals surface area (Å²) in [7, 11) is 1.66. The maximum absolute atomic E-state index is 12.8. The number of carbonyl (C=O) groups excluding carboxylic acids is 1. The summed E-state index contributed by atoms with van der Waals surface area (Å²) < 4.78 is 44.7. The van der Waals surface area contributed by atoms with Gasteiger partial charge in [-0.15, -0.1) is 0 Å². The van der Waals surface area contributed by atoms with Crippen LogP contribution in [0.4, 0.5) is 13.2 Å². The number of likely N-dealkylation sites (tertiary alicyclic amines) is 1. The Labute approximate surface area is 137 Å². The van der Waals surface area contributed by atoms with Gasteiger partial charge in [0.25, 0.3) is 5.56 Å². The second-order valence-electron chi connectivity index (χ2n) is 6.45. The number of nitrogens with zero attached hydrogens (tertiary/aromatic N) is 2. The van der Waals surface area contributed by atoms with Crippen molar-refractivity contribution < 1.29 is 22.7 Å². The highest BCUT2D eigenvalue weighted by Crippen LogP contribution is 2.38. The minimum atomic E-state index is -4.72. The van der Waals surface area contributed by atoms with Crippen LogP contribution < -0.4 is 5.56 Å². The second-order valence-corrected chi connectivity index (χ2v) is 6.45. The molecule has 2 heterocycles. The first-order valence-corrected chi connectivity index (χ1v) is 7.88. The number of halogens is 3. The molecule has 1 aliphatic heterocycles. The van der Waals surface area contributed by atoms with Crippen LogP contribution in [0.5, 0.6) is 0 Å². The van der Waals surface area contributed by atoms with E-state index in [4.69, 9.17) is 4.74 Å². The average molecular weight is 344 g/mol. The number of ether oxygens (including phenoxy) is 1. The molecular weight excluding hydrogens is 325 g/mol. The molecule has 1 saturated carbocycles. The molecular formula is C16H19F3N2O3. The topological polar surface area (TPSA) is 51.5 Å². The molecule has 2 fully saturated rings. The molecule has 1 aromatic heterocycles. The van der Waals surface area contributed by atoms with Gasteiger partial charge in [-0.25, -0.2) is 0 Å². The van der Waals surface area contributed by atoms with Crippen LogP contribution in [0.25, 0.3) is 0 Å². The van der Waals surface area contributed by atoms with Gasteiger partial charge in [-0.3, -0.25) is 9.59 Å². The van der Waals surface area contributed by atoms with E-state index in [9.17, 15) is 22.8 Å². The molecule has 2 unspecified atom stereocenters. The summed E-state index contributed by atoms with van der Waals surface area (Å²) in [5, 5.41) is 0. The second kappa shape index (κ2) is 6.23. The van der Waals surface area contributed by atoms with Crippen molar-refractivity contribution in [3.05, 3.63) is 34.2 Å². The van der Waals surface area contributed by atoms with Crippen molar-refractivity contribution >= 4 is 5.91 Å². The molecule has 1 amide bonds. The molecule has 0 N–H and O–H groups in total. The minimum Gasteiger partial charge on any atom is -0.381 e. The van der Waals surface area contributed by atoms with Crippen LogP contribution in [-0.4, -0.2) is 41.7 Å². The lowest BCUT2D eigenvalue weighted by atomic mass is 9.95. The molecule has 5 nitrogen and oxygen atoms in total. The van der Waals surface area contributed by atoms with E-state index in [2.05, 4.69) is 0 Å². The van der Waals surface area contributed by atoms with Gasteiger partial charge in [0.15, 0.2) is 0 Å². The lowest BCUT2D eigenvalue weighted by Crippen LogP contribution is -2.49. The number of pyridine rings is 1. The smallest absolute Gasteiger partial charge is 0.381 e. The molecule has 2 bridgehead atoms. The van der Waals surface area contributed by atoms with Crippen molar-refractivity contribution in [2.75, 3.05) is 20.2 Å². The van der Waals surface area contributed by atoms with Gasteiger partial charge in [-0.2, -0.15) is 13.2 Å². The van der Waals surface area contributed by atoms with E-state index >= 15 is 0 Å². The zero-order valence-electron chi connectivity index (χ0n) is 13.3. The van der Waals surface area contributed by atoms with Gasteiger partial charge in [-0.05, 0) is 25.0 Å². The van der Waals surface area contributed by atoms with E-state index in [1.54, 1.807) is 12.0 Å². The van der Waals surface area contributed by atoms with Crippen LogP contribution in [0.15, 0.2) is 23.1 Å². The highest BCUT2D eigenvalue weighted by molar-refractivity contribution is 5.76. The average Bonchev–Trinajstić information content (AvgIpc) is 2.76. The lowest BCUT2D eigenvalue weighted by Gasteiger charge is -2.37. The highest BCUT2D eigenvalue weighted by Gasteiger charge is 2.43. The molecule has 2 atom stereocenters. The van der Waals surface area contributed by atoms with E-state index in [-0.39, 0.29) is 30.4 Å². The summed E-state index contributed by atoms with van der Waals surface area (Å²) in [6.45, 7) is 0.683. The van der Waals surface area contributed by atoms with Crippen molar-refractivity contribution in [1.29, 1.82) is 0 Å². The van der Waals surface area contributed by atoms with Crippen molar-refractivity contribution in [3.8, 4) is 0 Å². The summed E-state index contributed by atoms with van der Waals surface area (Å²) in [6.07, 6.45) is -1.40. The van der Waals surface area contributed by atoms with E-state index in [0.29, 0.717) is 13.1 Å². The van der Waals surface area contributed by atoms with Crippen LogP contribution >= 0.6 is 0 Å². The van der Waals surface area contributed by atoms with Gasteiger partial charge in [0.1, 0.15) is 12.1 Å². The Morgan fingerprint density at radius 2 is 1.92 bits per heavy atom. The maximum atomic E-state index is 12.8. The zero-order valence-corrected chi connectivity index (χ0v) is 13.3. The van der Waals surface area contributed by atoms with Gasteiger partial charge < -0.3 is 14.2 Å². The van der Waals surface area contributed by atoms with Gasteiger partial charge in [0.05, 0.1) is 6.10 Å². The van der Waals surface area contributed by atoms with Crippen LogP contribution in [0.2, 0.25) is 0 Å². The Balaban J connectivity index is 1.74. The van der Waals surface area contributed by atoms with Crippen LogP contribution in [0, 0.1) is 11.8 Å². The summed E-state index contributed by atoms with van der Waals surface area (Å²) in [5.41, 5.74) is -2.44. The van der Waals surface area contributed by atoms with Crippen molar-refractivity contribution in [1.82, 2.24) is 9.47 Å². The molecule has 3 rings (SSSR count). The Bertz CT molecular complexity index is 672. The Morgan fingerprint density at radius 1 is 1.29 bits per heavy atom. The predicted molar refractivity (Wildman–Crippen MR) is 79.3 cm³/mol. The zero-order chi connectivity index (χ0) is 17.5. The monoisotopic (exact) mass is 344 g/mol. The van der Waals surface area contributed by atoms with Crippen LogP contribution in [0.3, 0.4) is 0 Å². The quantitative estimate of drug-likeness (QED) is 0.839. The molecule has 2 aliphatic rings. The van der Waals surface area contributed by atoms with E-state index < -0.39 is 17.3 Å². The van der Waals surface area contributed by atoms with Crippen molar-refractivity contribution in [3.63, 3.8) is 0 Å². The third kappa shape index (κ3) is 3.07. The van der Waals surface area contributed by atoms with E-state index in [1.807, 2.05) is 0 Å². The Kier molecular flexibility index (Phi) is 4.42. The first-order chi connectivity index (χ1) is 11.3. The van der Waals surface area contributed by atoms with Crippen molar-refractivity contribution in [2.24, 2.45) is 11.8 Å². The number of amides is 1. The number of fused-ring (bicyclic) bond motifs is 2. The van der Waals surface area contributed by atoms with Crippen LogP contribution in [-0.2, 0) is 22.3 Å². The van der Waals surface area contributed by atoms with Gasteiger partial charge in [0.2, 0.25) is 5.91 Å². The normalized spacial score (nSPS) is 26.7. The summed E-state index contributed by atoms with van der Waals surface area (Å²) >= 11 is 0. The number of methoxy groups -OCH3 is 1. The summed E-state index contributed by atoms with van der Waals surface area (Å²) in [4.78, 5) is 26.0. The standard InChI is InChI=1S/C16H19F3N2O3/c1-24-14-10-4-5-11(14)8-21(7-10)13(22)9-20-6-2-3-12(15(20)23)16(17,18)19/h2-3,6,10-11,14H,4-5,7-9H2,1H3. The molecule has 8 heteroatoms. The molecule has 0 spiro atoms. The SMILES string of the molecule is COC1C2CCC1CN(C(=O)Cn1cccc(C(F)(F)F)c1=O)C2. The maximum Gasteiger partial charge on any atom is 0.421 e. The number of hydrogen-bond acceptors (Lipinski definition) is 3. The number of carbonyl (C=O) groups is 1. The first-order valence-electron chi connectivity index (χ1n) is 7.88. The van der Waals surface area contributed by atoms with Crippen molar-refractivity contribution in [2.45, 2.75) is 31.7 Å². The third-order valence-corrected chi connectivity index (χ3v) is 5.00. The van der Waals surface area contributed by atoms with E-state index in [0.717, 1.165) is 29.5 Å². The predicted octanol–water partition coefficient (Wildman–Crippen LogP) is 1.75. The Morgan fingerprint density at radius 3 is 2.46 bits per heavy atom. The molecule has 1 saturated heterocycles.